The average molecular weight is 429 g/mol. The van der Waals surface area contributed by atoms with Crippen molar-refractivity contribution in [3.63, 3.8) is 0 Å². The first-order valence-electron chi connectivity index (χ1n) is 8.60. The van der Waals surface area contributed by atoms with Gasteiger partial charge in [0.25, 0.3) is 10.0 Å². The van der Waals surface area contributed by atoms with Gasteiger partial charge in [0.2, 0.25) is 10.0 Å². The Morgan fingerprint density at radius 2 is 1.63 bits per heavy atom. The highest BCUT2D eigenvalue weighted by atomic mass is 35.5. The summed E-state index contributed by atoms with van der Waals surface area (Å²) in [7, 11) is -7.54. The van der Waals surface area contributed by atoms with E-state index in [0.717, 1.165) is 19.3 Å². The molecule has 0 radical (unpaired) electrons. The summed E-state index contributed by atoms with van der Waals surface area (Å²) in [6.45, 7) is 2.59. The van der Waals surface area contributed by atoms with Crippen molar-refractivity contribution < 1.29 is 16.8 Å². The average Bonchev–Trinajstić information content (AvgIpc) is 2.64. The zero-order valence-corrected chi connectivity index (χ0v) is 17.2. The minimum absolute atomic E-state index is 0.0549. The fourth-order valence-corrected chi connectivity index (χ4v) is 6.18. The monoisotopic (exact) mass is 428 g/mol. The van der Waals surface area contributed by atoms with Crippen LogP contribution in [0.3, 0.4) is 0 Å². The molecule has 27 heavy (non-hydrogen) atoms. The molecule has 2 aromatic rings. The zero-order valence-electron chi connectivity index (χ0n) is 14.9. The molecule has 0 amide bonds. The van der Waals surface area contributed by atoms with Crippen LogP contribution in [0.4, 0.5) is 5.69 Å². The number of sulfonamides is 2. The van der Waals surface area contributed by atoms with Gasteiger partial charge in [0.15, 0.2) is 0 Å². The fourth-order valence-electron chi connectivity index (χ4n) is 3.06. The third-order valence-electron chi connectivity index (χ3n) is 4.55. The largest absolute Gasteiger partial charge is 0.280 e. The number of nitrogens with zero attached hydrogens (tertiary/aromatic N) is 1. The molecule has 0 aliphatic carbocycles. The molecule has 0 unspecified atom stereocenters. The van der Waals surface area contributed by atoms with Gasteiger partial charge >= 0.3 is 0 Å². The zero-order chi connectivity index (χ0) is 19.7. The Labute approximate surface area is 165 Å². The molecule has 1 saturated heterocycles. The summed E-state index contributed by atoms with van der Waals surface area (Å²) in [5.74, 6) is 0. The van der Waals surface area contributed by atoms with Crippen molar-refractivity contribution >= 4 is 37.3 Å². The Balaban J connectivity index is 1.91. The van der Waals surface area contributed by atoms with Crippen molar-refractivity contribution in [3.8, 4) is 0 Å². The Hall–Kier alpha value is -1.61. The number of piperidine rings is 1. The lowest BCUT2D eigenvalue weighted by Gasteiger charge is -2.26. The second-order valence-electron chi connectivity index (χ2n) is 6.46. The second kappa shape index (κ2) is 7.79. The van der Waals surface area contributed by atoms with Crippen LogP contribution in [0.5, 0.6) is 0 Å². The van der Waals surface area contributed by atoms with Crippen LogP contribution in [0.1, 0.15) is 24.8 Å². The summed E-state index contributed by atoms with van der Waals surface area (Å²) < 4.78 is 54.9. The molecule has 0 aromatic heterocycles. The van der Waals surface area contributed by atoms with Crippen LogP contribution in [-0.4, -0.2) is 34.2 Å². The minimum atomic E-state index is -3.90. The first-order chi connectivity index (χ1) is 12.7. The minimum Gasteiger partial charge on any atom is -0.280 e. The fraction of sp³-hybridized carbons (Fsp3) is 0.333. The molecule has 2 aromatic carbocycles. The summed E-state index contributed by atoms with van der Waals surface area (Å²) in [6, 6.07) is 10.5. The summed E-state index contributed by atoms with van der Waals surface area (Å²) in [6.07, 6.45) is 2.68. The van der Waals surface area contributed by atoms with Gasteiger partial charge in [-0.15, -0.1) is 0 Å². The van der Waals surface area contributed by atoms with E-state index in [1.54, 1.807) is 19.1 Å². The van der Waals surface area contributed by atoms with E-state index in [0.29, 0.717) is 23.7 Å². The molecular formula is C18H21ClN2O4S2. The number of rotatable bonds is 5. The molecule has 1 heterocycles. The topological polar surface area (TPSA) is 83.5 Å². The van der Waals surface area contributed by atoms with Gasteiger partial charge in [0.05, 0.1) is 15.5 Å². The lowest BCUT2D eigenvalue weighted by atomic mass is 10.2. The number of hydrogen-bond acceptors (Lipinski definition) is 4. The van der Waals surface area contributed by atoms with Crippen molar-refractivity contribution in [2.24, 2.45) is 0 Å². The van der Waals surface area contributed by atoms with Gasteiger partial charge < -0.3 is 0 Å². The molecule has 1 aliphatic rings. The smallest absolute Gasteiger partial charge is 0.262 e. The van der Waals surface area contributed by atoms with Crippen LogP contribution >= 0.6 is 11.6 Å². The van der Waals surface area contributed by atoms with E-state index in [-0.39, 0.29) is 15.5 Å². The van der Waals surface area contributed by atoms with Gasteiger partial charge in [-0.2, -0.15) is 4.31 Å². The Bertz CT molecular complexity index is 1050. The number of benzene rings is 2. The normalized spacial score (nSPS) is 16.2. The maximum Gasteiger partial charge on any atom is 0.262 e. The van der Waals surface area contributed by atoms with E-state index < -0.39 is 20.0 Å². The molecule has 0 saturated carbocycles. The molecule has 1 aliphatic heterocycles. The maximum atomic E-state index is 12.8. The van der Waals surface area contributed by atoms with Crippen LogP contribution in [0.15, 0.2) is 52.3 Å². The molecular weight excluding hydrogens is 408 g/mol. The summed E-state index contributed by atoms with van der Waals surface area (Å²) in [5, 5.41) is 0.347. The Kier molecular flexibility index (Phi) is 5.81. The summed E-state index contributed by atoms with van der Waals surface area (Å²) >= 11 is 6.02. The quantitative estimate of drug-likeness (QED) is 0.788. The van der Waals surface area contributed by atoms with Crippen molar-refractivity contribution in [3.05, 3.63) is 53.1 Å². The van der Waals surface area contributed by atoms with E-state index >= 15 is 0 Å². The Morgan fingerprint density at radius 3 is 2.33 bits per heavy atom. The van der Waals surface area contributed by atoms with E-state index in [4.69, 9.17) is 11.6 Å². The molecule has 0 bridgehead atoms. The van der Waals surface area contributed by atoms with Gasteiger partial charge in [-0.1, -0.05) is 30.2 Å². The van der Waals surface area contributed by atoms with Crippen LogP contribution in [0.2, 0.25) is 5.02 Å². The predicted octanol–water partition coefficient (Wildman–Crippen LogP) is 3.62. The lowest BCUT2D eigenvalue weighted by molar-refractivity contribution is 0.346. The molecule has 1 N–H and O–H groups in total. The van der Waals surface area contributed by atoms with E-state index in [9.17, 15) is 16.8 Å². The first kappa shape index (κ1) is 20.1. The molecule has 9 heteroatoms. The number of nitrogens with one attached hydrogen (secondary N) is 1. The van der Waals surface area contributed by atoms with Crippen LogP contribution in [0.25, 0.3) is 0 Å². The van der Waals surface area contributed by atoms with Gasteiger partial charge in [-0.05, 0) is 55.7 Å². The van der Waals surface area contributed by atoms with Crippen LogP contribution < -0.4 is 4.72 Å². The van der Waals surface area contributed by atoms with E-state index in [1.165, 1.54) is 34.6 Å². The van der Waals surface area contributed by atoms with Gasteiger partial charge in [-0.25, -0.2) is 16.8 Å². The SMILES string of the molecule is Cc1c(Cl)cccc1S(=O)(=O)Nc1cccc(S(=O)(=O)N2CCCCC2)c1. The van der Waals surface area contributed by atoms with Gasteiger partial charge in [0.1, 0.15) is 0 Å². The third kappa shape index (κ3) is 4.29. The lowest BCUT2D eigenvalue weighted by Crippen LogP contribution is -2.35. The van der Waals surface area contributed by atoms with E-state index in [2.05, 4.69) is 4.72 Å². The van der Waals surface area contributed by atoms with Crippen LogP contribution in [0, 0.1) is 6.92 Å². The molecule has 3 rings (SSSR count). The van der Waals surface area contributed by atoms with Gasteiger partial charge in [0, 0.05) is 18.1 Å². The Morgan fingerprint density at radius 1 is 0.963 bits per heavy atom. The van der Waals surface area contributed by atoms with Crippen molar-refractivity contribution in [1.82, 2.24) is 4.31 Å². The van der Waals surface area contributed by atoms with Crippen molar-refractivity contribution in [2.45, 2.75) is 36.0 Å². The highest BCUT2D eigenvalue weighted by Crippen LogP contribution is 2.27. The highest BCUT2D eigenvalue weighted by molar-refractivity contribution is 7.92. The second-order valence-corrected chi connectivity index (χ2v) is 10.5. The molecule has 6 nitrogen and oxygen atoms in total. The molecule has 1 fully saturated rings. The number of anilines is 1. The van der Waals surface area contributed by atoms with Gasteiger partial charge in [-0.3, -0.25) is 4.72 Å². The summed E-state index contributed by atoms with van der Waals surface area (Å²) in [5.41, 5.74) is 0.621. The number of halogens is 1. The standard InChI is InChI=1S/C18H21ClN2O4S2/c1-14-17(19)9-6-10-18(14)26(22,23)20-15-7-5-8-16(13-15)27(24,25)21-11-3-2-4-12-21/h5-10,13,20H,2-4,11-12H2,1H3. The number of hydrogen-bond donors (Lipinski definition) is 1. The predicted molar refractivity (Wildman–Crippen MR) is 106 cm³/mol. The van der Waals surface area contributed by atoms with Crippen LogP contribution in [-0.2, 0) is 20.0 Å². The van der Waals surface area contributed by atoms with E-state index in [1.807, 2.05) is 0 Å². The molecule has 0 spiro atoms. The summed E-state index contributed by atoms with van der Waals surface area (Å²) in [4.78, 5) is 0.131. The highest BCUT2D eigenvalue weighted by Gasteiger charge is 2.26. The van der Waals surface area contributed by atoms with Crippen molar-refractivity contribution in [1.29, 1.82) is 0 Å². The molecule has 146 valence electrons. The third-order valence-corrected chi connectivity index (χ3v) is 8.38. The maximum absolute atomic E-state index is 12.8. The first-order valence-corrected chi connectivity index (χ1v) is 11.9. The molecule has 0 atom stereocenters. The van der Waals surface area contributed by atoms with Crippen molar-refractivity contribution in [2.75, 3.05) is 17.8 Å².